The van der Waals surface area contributed by atoms with Gasteiger partial charge in [-0.3, -0.25) is 33.7 Å². The second-order valence-electron chi connectivity index (χ2n) is 12.2. The van der Waals surface area contributed by atoms with Gasteiger partial charge < -0.3 is 15.9 Å². The van der Waals surface area contributed by atoms with Gasteiger partial charge in [0, 0.05) is 11.0 Å². The minimum absolute atomic E-state index is 0.0127. The molecular weight excluding hydrogens is 492 g/mol. The van der Waals surface area contributed by atoms with Gasteiger partial charge in [0.2, 0.25) is 5.91 Å². The van der Waals surface area contributed by atoms with Crippen molar-refractivity contribution in [2.24, 2.45) is 28.4 Å². The molecule has 2 unspecified atom stereocenters. The van der Waals surface area contributed by atoms with E-state index in [0.717, 1.165) is 0 Å². The number of hydrogen-bond acceptors (Lipinski definition) is 9. The standard InChI is InChI=1S/C28H34N2O8/c1-11(2)13-8-14(12(3)31)15-9-26(4)10-27(5)22(30(6)7)21(34)17(25(29)37)23(35)28(27,38)24(36)18(26)20(33)16(15)19(13)32/h8,11,17-18,22,32,38H,9-10H2,1-7H3,(H2,29,37)/t17?,18?,22-,26+,27+,28-/m1/s1. The Morgan fingerprint density at radius 2 is 1.68 bits per heavy atom. The maximum atomic E-state index is 14.2. The summed E-state index contributed by atoms with van der Waals surface area (Å²) in [5, 5.41) is 23.1. The average Bonchev–Trinajstić information content (AvgIpc) is 2.75. The van der Waals surface area contributed by atoms with E-state index in [1.54, 1.807) is 26.8 Å². The van der Waals surface area contributed by atoms with Gasteiger partial charge in [0.05, 0.1) is 17.5 Å². The largest absolute Gasteiger partial charge is 0.507 e. The van der Waals surface area contributed by atoms with Crippen LogP contribution in [0.4, 0.5) is 0 Å². The maximum Gasteiger partial charge on any atom is 0.235 e. The lowest BCUT2D eigenvalue weighted by atomic mass is 9.42. The van der Waals surface area contributed by atoms with E-state index in [9.17, 15) is 39.0 Å². The van der Waals surface area contributed by atoms with Gasteiger partial charge >= 0.3 is 0 Å². The first-order valence-corrected chi connectivity index (χ1v) is 12.6. The zero-order valence-corrected chi connectivity index (χ0v) is 22.7. The van der Waals surface area contributed by atoms with Crippen molar-refractivity contribution in [3.8, 4) is 5.75 Å². The molecule has 204 valence electrons. The molecule has 0 heterocycles. The third-order valence-corrected chi connectivity index (χ3v) is 9.02. The summed E-state index contributed by atoms with van der Waals surface area (Å²) in [4.78, 5) is 81.6. The minimum Gasteiger partial charge on any atom is -0.507 e. The lowest BCUT2D eigenvalue weighted by molar-refractivity contribution is -0.203. The highest BCUT2D eigenvalue weighted by atomic mass is 16.3. The third-order valence-electron chi connectivity index (χ3n) is 9.02. The SMILES string of the molecule is CC(=O)c1cc(C(C)C)c(O)c2c1C[C@@]1(C)C[C@@]3(C)[C@H](N(C)C)C(=O)C(C(N)=O)C(=O)[C@@]3(O)C(=O)C1C2=O. The summed E-state index contributed by atoms with van der Waals surface area (Å²) in [6, 6.07) is 0.319. The first-order chi connectivity index (χ1) is 17.4. The number of hydrogen-bond donors (Lipinski definition) is 3. The normalized spacial score (nSPS) is 34.7. The van der Waals surface area contributed by atoms with Crippen LogP contribution in [0.2, 0.25) is 0 Å². The number of ketones is 5. The monoisotopic (exact) mass is 526 g/mol. The minimum atomic E-state index is -2.86. The van der Waals surface area contributed by atoms with Crippen LogP contribution in [0.5, 0.6) is 5.75 Å². The van der Waals surface area contributed by atoms with Crippen LogP contribution in [0.1, 0.15) is 78.8 Å². The van der Waals surface area contributed by atoms with Crippen LogP contribution < -0.4 is 5.73 Å². The molecule has 38 heavy (non-hydrogen) atoms. The molecule has 0 aromatic heterocycles. The number of aromatic hydroxyl groups is 1. The molecule has 1 amide bonds. The van der Waals surface area contributed by atoms with Crippen molar-refractivity contribution >= 4 is 34.8 Å². The molecule has 2 saturated carbocycles. The highest BCUT2D eigenvalue weighted by molar-refractivity contribution is 6.33. The number of rotatable bonds is 4. The number of aliphatic hydroxyl groups is 1. The van der Waals surface area contributed by atoms with E-state index < -0.39 is 63.3 Å². The number of Topliss-reactive ketones (excluding diaryl/α,β-unsaturated/α-hetero) is 5. The van der Waals surface area contributed by atoms with Crippen molar-refractivity contribution in [3.63, 3.8) is 0 Å². The maximum absolute atomic E-state index is 14.2. The van der Waals surface area contributed by atoms with Crippen molar-refractivity contribution in [1.29, 1.82) is 0 Å². The van der Waals surface area contributed by atoms with Gasteiger partial charge in [-0.25, -0.2) is 0 Å². The van der Waals surface area contributed by atoms with E-state index in [-0.39, 0.29) is 41.4 Å². The van der Waals surface area contributed by atoms with Crippen LogP contribution in [-0.4, -0.2) is 75.7 Å². The molecule has 6 atom stereocenters. The molecule has 0 saturated heterocycles. The third kappa shape index (κ3) is 3.25. The fourth-order valence-electron chi connectivity index (χ4n) is 7.56. The van der Waals surface area contributed by atoms with Crippen molar-refractivity contribution in [1.82, 2.24) is 4.90 Å². The molecule has 10 nitrogen and oxygen atoms in total. The van der Waals surface area contributed by atoms with E-state index >= 15 is 0 Å². The molecule has 1 aromatic rings. The first kappa shape index (κ1) is 27.8. The summed E-state index contributed by atoms with van der Waals surface area (Å²) in [7, 11) is 3.06. The highest BCUT2D eigenvalue weighted by Gasteiger charge is 2.76. The Hall–Kier alpha value is -3.24. The molecule has 0 bridgehead atoms. The van der Waals surface area contributed by atoms with Crippen LogP contribution in [0.3, 0.4) is 0 Å². The van der Waals surface area contributed by atoms with Gasteiger partial charge in [-0.2, -0.15) is 0 Å². The Kier molecular flexibility index (Phi) is 6.13. The average molecular weight is 527 g/mol. The lowest BCUT2D eigenvalue weighted by Crippen LogP contribution is -2.79. The second kappa shape index (κ2) is 8.38. The lowest BCUT2D eigenvalue weighted by Gasteiger charge is -2.61. The van der Waals surface area contributed by atoms with Crippen molar-refractivity contribution in [3.05, 3.63) is 28.3 Å². The number of primary amides is 1. The van der Waals surface area contributed by atoms with E-state index in [1.807, 2.05) is 0 Å². The first-order valence-electron chi connectivity index (χ1n) is 12.6. The van der Waals surface area contributed by atoms with Gasteiger partial charge in [-0.1, -0.05) is 27.7 Å². The Morgan fingerprint density at radius 3 is 2.16 bits per heavy atom. The van der Waals surface area contributed by atoms with E-state index in [2.05, 4.69) is 0 Å². The molecular formula is C28H34N2O8. The number of phenols is 1. The topological polar surface area (TPSA) is 172 Å². The number of carbonyl (C=O) groups excluding carboxylic acids is 6. The number of nitrogens with two attached hydrogens (primary N) is 1. The van der Waals surface area contributed by atoms with Crippen molar-refractivity contribution < 1.29 is 39.0 Å². The van der Waals surface area contributed by atoms with Crippen LogP contribution in [0.25, 0.3) is 0 Å². The van der Waals surface area contributed by atoms with Gasteiger partial charge in [0.25, 0.3) is 0 Å². The number of carbonyl (C=O) groups is 6. The zero-order chi connectivity index (χ0) is 28.9. The van der Waals surface area contributed by atoms with Gasteiger partial charge in [-0.05, 0) is 62.4 Å². The molecule has 3 aliphatic carbocycles. The molecule has 0 radical (unpaired) electrons. The van der Waals surface area contributed by atoms with Gasteiger partial charge in [0.15, 0.2) is 40.4 Å². The van der Waals surface area contributed by atoms with Crippen LogP contribution >= 0.6 is 0 Å². The number of fused-ring (bicyclic) bond motifs is 3. The molecule has 3 aliphatic rings. The smallest absolute Gasteiger partial charge is 0.235 e. The summed E-state index contributed by atoms with van der Waals surface area (Å²) < 4.78 is 0. The predicted molar refractivity (Wildman–Crippen MR) is 135 cm³/mol. The summed E-state index contributed by atoms with van der Waals surface area (Å²) >= 11 is 0. The van der Waals surface area contributed by atoms with Crippen molar-refractivity contribution in [2.45, 2.75) is 65.0 Å². The molecule has 0 aliphatic heterocycles. The molecule has 4 rings (SSSR count). The van der Waals surface area contributed by atoms with Gasteiger partial charge in [-0.15, -0.1) is 0 Å². The Labute approximate surface area is 220 Å². The predicted octanol–water partition coefficient (Wildman–Crippen LogP) is 0.973. The van der Waals surface area contributed by atoms with Crippen molar-refractivity contribution in [2.75, 3.05) is 14.1 Å². The number of likely N-dealkylation sites (N-methyl/N-ethyl adjacent to an activating group) is 1. The highest BCUT2D eigenvalue weighted by Crippen LogP contribution is 2.62. The fourth-order valence-corrected chi connectivity index (χ4v) is 7.56. The summed E-state index contributed by atoms with van der Waals surface area (Å²) in [6.45, 7) is 8.01. The van der Waals surface area contributed by atoms with Gasteiger partial charge in [0.1, 0.15) is 5.75 Å². The van der Waals surface area contributed by atoms with Crippen LogP contribution in [-0.2, 0) is 25.6 Å². The molecule has 0 spiro atoms. The van der Waals surface area contributed by atoms with E-state index in [1.165, 1.54) is 32.8 Å². The molecule has 4 N–H and O–H groups in total. The molecule has 10 heteroatoms. The molecule has 1 aromatic carbocycles. The summed E-state index contributed by atoms with van der Waals surface area (Å²) in [6.07, 6.45) is -0.118. The molecule has 2 fully saturated rings. The van der Waals surface area contributed by atoms with Crippen LogP contribution in [0.15, 0.2) is 6.07 Å². The Morgan fingerprint density at radius 1 is 1.11 bits per heavy atom. The second-order valence-corrected chi connectivity index (χ2v) is 12.2. The van der Waals surface area contributed by atoms with E-state index in [0.29, 0.717) is 11.1 Å². The quantitative estimate of drug-likeness (QED) is 0.382. The summed E-state index contributed by atoms with van der Waals surface area (Å²) in [5.74, 6) is -9.89. The number of benzene rings is 1. The number of phenolic OH excluding ortho intramolecular Hbond substituents is 1. The zero-order valence-electron chi connectivity index (χ0n) is 22.7. The summed E-state index contributed by atoms with van der Waals surface area (Å²) in [5.41, 5.74) is 0.339. The number of nitrogens with zero attached hydrogens (tertiary/aromatic N) is 1. The number of amides is 1. The van der Waals surface area contributed by atoms with Crippen LogP contribution in [0, 0.1) is 22.7 Å². The Balaban J connectivity index is 2.03. The van der Waals surface area contributed by atoms with E-state index in [4.69, 9.17) is 5.73 Å². The Bertz CT molecular complexity index is 1350. The fraction of sp³-hybridized carbons (Fsp3) is 0.571.